The van der Waals surface area contributed by atoms with E-state index in [0.29, 0.717) is 26.2 Å². The van der Waals surface area contributed by atoms with Gasteiger partial charge in [0.15, 0.2) is 0 Å². The second kappa shape index (κ2) is 10.0. The number of likely N-dealkylation sites (N-methyl/N-ethyl adjacent to an activating group) is 1. The monoisotopic (exact) mass is 460 g/mol. The lowest BCUT2D eigenvalue weighted by molar-refractivity contribution is -0.137. The lowest BCUT2D eigenvalue weighted by Crippen LogP contribution is -2.52. The Balaban J connectivity index is 1.51. The molecular formula is C25H37N3O5. The van der Waals surface area contributed by atoms with Gasteiger partial charge >= 0.3 is 12.2 Å². The van der Waals surface area contributed by atoms with Crippen molar-refractivity contribution in [1.29, 1.82) is 0 Å². The molecule has 1 atom stereocenters. The van der Waals surface area contributed by atoms with Crippen LogP contribution in [0.25, 0.3) is 0 Å². The van der Waals surface area contributed by atoms with Crippen molar-refractivity contribution < 1.29 is 25.2 Å². The van der Waals surface area contributed by atoms with Crippen LogP contribution in [-0.4, -0.2) is 77.6 Å². The van der Waals surface area contributed by atoms with Crippen LogP contribution in [0, 0.1) is 5.41 Å². The van der Waals surface area contributed by atoms with E-state index in [1.807, 2.05) is 51.1 Å². The van der Waals surface area contributed by atoms with Crippen molar-refractivity contribution in [2.75, 3.05) is 33.2 Å². The molecule has 8 nitrogen and oxygen atoms in total. The molecule has 0 saturated carbocycles. The van der Waals surface area contributed by atoms with E-state index in [-0.39, 0.29) is 31.0 Å². The Hall–Kier alpha value is -2.77. The maximum Gasteiger partial charge on any atom is 0.410 e. The molecule has 2 heterocycles. The average molecular weight is 461 g/mol. The van der Waals surface area contributed by atoms with Crippen LogP contribution in [0.3, 0.4) is 0 Å². The van der Waals surface area contributed by atoms with Crippen LogP contribution in [0.15, 0.2) is 30.3 Å². The SMILES string of the molecule is [2H]CN(C(=O)OCc1ccccc1)[C@@H](C)C(=O)N1CCC2(CCN(C(=O)OC(C)(C)C)C2)CC1. The fraction of sp³-hybridized carbons (Fsp3) is 0.640. The Labute approximate surface area is 198 Å². The maximum atomic E-state index is 13.1. The second-order valence-electron chi connectivity index (χ2n) is 10.2. The maximum absolute atomic E-state index is 13.1. The normalized spacial score (nSPS) is 19.1. The minimum Gasteiger partial charge on any atom is -0.445 e. The van der Waals surface area contributed by atoms with Crippen molar-refractivity contribution in [3.8, 4) is 0 Å². The minimum absolute atomic E-state index is 0.000641. The zero-order chi connectivity index (χ0) is 24.9. The largest absolute Gasteiger partial charge is 0.445 e. The molecule has 1 aromatic carbocycles. The Morgan fingerprint density at radius 1 is 1.09 bits per heavy atom. The molecule has 2 fully saturated rings. The van der Waals surface area contributed by atoms with E-state index in [0.717, 1.165) is 29.7 Å². The summed E-state index contributed by atoms with van der Waals surface area (Å²) in [7, 11) is -0.358. The molecule has 0 bridgehead atoms. The first kappa shape index (κ1) is 23.4. The van der Waals surface area contributed by atoms with Crippen LogP contribution >= 0.6 is 0 Å². The number of hydrogen-bond acceptors (Lipinski definition) is 5. The molecule has 0 radical (unpaired) electrons. The highest BCUT2D eigenvalue weighted by Crippen LogP contribution is 2.41. The zero-order valence-electron chi connectivity index (χ0n) is 21.2. The molecule has 1 spiro atoms. The van der Waals surface area contributed by atoms with Crippen LogP contribution in [0.2, 0.25) is 0 Å². The van der Waals surface area contributed by atoms with E-state index in [4.69, 9.17) is 10.8 Å². The lowest BCUT2D eigenvalue weighted by atomic mass is 9.77. The number of carbonyl (C=O) groups excluding carboxylic acids is 3. The fourth-order valence-corrected chi connectivity index (χ4v) is 4.38. The number of nitrogens with zero attached hydrogens (tertiary/aromatic N) is 3. The van der Waals surface area contributed by atoms with Crippen LogP contribution in [0.5, 0.6) is 0 Å². The average Bonchev–Trinajstić information content (AvgIpc) is 3.21. The van der Waals surface area contributed by atoms with Crippen molar-refractivity contribution in [3.05, 3.63) is 35.9 Å². The molecule has 0 N–H and O–H groups in total. The van der Waals surface area contributed by atoms with Crippen LogP contribution < -0.4 is 0 Å². The molecule has 2 aliphatic rings. The lowest BCUT2D eigenvalue weighted by Gasteiger charge is -2.40. The summed E-state index contributed by atoms with van der Waals surface area (Å²) in [5.74, 6) is -0.180. The Kier molecular flexibility index (Phi) is 7.10. The molecule has 33 heavy (non-hydrogen) atoms. The summed E-state index contributed by atoms with van der Waals surface area (Å²) >= 11 is 0. The topological polar surface area (TPSA) is 79.4 Å². The number of rotatable bonds is 4. The van der Waals surface area contributed by atoms with Gasteiger partial charge in [-0.05, 0) is 57.9 Å². The van der Waals surface area contributed by atoms with E-state index in [2.05, 4.69) is 0 Å². The highest BCUT2D eigenvalue weighted by atomic mass is 16.6. The van der Waals surface area contributed by atoms with E-state index in [9.17, 15) is 14.4 Å². The summed E-state index contributed by atoms with van der Waals surface area (Å²) in [6.07, 6.45) is 1.54. The smallest absolute Gasteiger partial charge is 0.410 e. The Bertz CT molecular complexity index is 865. The van der Waals surface area contributed by atoms with Gasteiger partial charge in [0.1, 0.15) is 18.2 Å². The summed E-state index contributed by atoms with van der Waals surface area (Å²) < 4.78 is 18.6. The molecular weight excluding hydrogens is 422 g/mol. The van der Waals surface area contributed by atoms with E-state index in [1.165, 1.54) is 0 Å². The third-order valence-corrected chi connectivity index (χ3v) is 6.49. The second-order valence-corrected chi connectivity index (χ2v) is 10.2. The first-order chi connectivity index (χ1) is 16.0. The van der Waals surface area contributed by atoms with Crippen molar-refractivity contribution in [3.63, 3.8) is 0 Å². The molecule has 2 aliphatic heterocycles. The van der Waals surface area contributed by atoms with Crippen molar-refractivity contribution in [1.82, 2.24) is 14.7 Å². The van der Waals surface area contributed by atoms with Gasteiger partial charge < -0.3 is 19.3 Å². The minimum atomic E-state index is -0.781. The van der Waals surface area contributed by atoms with Gasteiger partial charge in [-0.15, -0.1) is 0 Å². The zero-order valence-corrected chi connectivity index (χ0v) is 20.2. The molecule has 3 amide bonds. The van der Waals surface area contributed by atoms with E-state index >= 15 is 0 Å². The van der Waals surface area contributed by atoms with Gasteiger partial charge in [0.25, 0.3) is 0 Å². The van der Waals surface area contributed by atoms with Gasteiger partial charge in [0, 0.05) is 34.6 Å². The number of piperidine rings is 1. The molecule has 0 aromatic heterocycles. The van der Waals surface area contributed by atoms with Gasteiger partial charge in [0.05, 0.1) is 0 Å². The quantitative estimate of drug-likeness (QED) is 0.681. The third kappa shape index (κ3) is 6.39. The Morgan fingerprint density at radius 2 is 1.70 bits per heavy atom. The molecule has 3 rings (SSSR count). The van der Waals surface area contributed by atoms with Crippen molar-refractivity contribution in [2.45, 2.75) is 65.2 Å². The number of benzene rings is 1. The van der Waals surface area contributed by atoms with E-state index in [1.54, 1.807) is 16.7 Å². The molecule has 8 heteroatoms. The molecule has 182 valence electrons. The summed E-state index contributed by atoms with van der Waals surface area (Å²) in [5.41, 5.74) is 0.323. The molecule has 2 saturated heterocycles. The van der Waals surface area contributed by atoms with Crippen molar-refractivity contribution >= 4 is 18.1 Å². The number of amides is 3. The molecule has 0 unspecified atom stereocenters. The van der Waals surface area contributed by atoms with Gasteiger partial charge in [-0.25, -0.2) is 9.59 Å². The summed E-state index contributed by atoms with van der Waals surface area (Å²) in [6, 6.07) is 8.52. The third-order valence-electron chi connectivity index (χ3n) is 6.49. The van der Waals surface area contributed by atoms with Crippen molar-refractivity contribution in [2.24, 2.45) is 5.41 Å². The highest BCUT2D eigenvalue weighted by molar-refractivity contribution is 5.85. The van der Waals surface area contributed by atoms with Gasteiger partial charge in [0.2, 0.25) is 5.91 Å². The number of ether oxygens (including phenoxy) is 2. The van der Waals surface area contributed by atoms with E-state index < -0.39 is 17.7 Å². The predicted octanol–water partition coefficient (Wildman–Crippen LogP) is 3.89. The van der Waals surface area contributed by atoms with Gasteiger partial charge in [-0.2, -0.15) is 0 Å². The first-order valence-corrected chi connectivity index (χ1v) is 11.6. The van der Waals surface area contributed by atoms with Crippen LogP contribution in [-0.2, 0) is 20.9 Å². The molecule has 1 aromatic rings. The van der Waals surface area contributed by atoms with Crippen LogP contribution in [0.4, 0.5) is 9.59 Å². The summed E-state index contributed by atoms with van der Waals surface area (Å²) in [5, 5.41) is 0. The fourth-order valence-electron chi connectivity index (χ4n) is 4.38. The number of likely N-dealkylation sites (tertiary alicyclic amines) is 2. The summed E-state index contributed by atoms with van der Waals surface area (Å²) in [6.45, 7) is 9.76. The number of carbonyl (C=O) groups is 3. The van der Waals surface area contributed by atoms with Crippen LogP contribution in [0.1, 0.15) is 53.9 Å². The standard InChI is InChI=1S/C25H37N3O5/c1-19(26(5)22(30)32-17-20-9-7-6-8-10-20)21(29)27-14-11-25(12-15-27)13-16-28(18-25)23(31)33-24(2,3)4/h6-10,19H,11-18H2,1-5H3/t19-/m0/s1/i5D. The summed E-state index contributed by atoms with van der Waals surface area (Å²) in [4.78, 5) is 42.8. The predicted molar refractivity (Wildman–Crippen MR) is 125 cm³/mol. The molecule has 0 aliphatic carbocycles. The highest BCUT2D eigenvalue weighted by Gasteiger charge is 2.44. The Morgan fingerprint density at radius 3 is 2.27 bits per heavy atom. The van der Waals surface area contributed by atoms with Gasteiger partial charge in [-0.1, -0.05) is 30.3 Å². The number of hydrogen-bond donors (Lipinski definition) is 0. The van der Waals surface area contributed by atoms with Gasteiger partial charge in [-0.3, -0.25) is 9.69 Å². The first-order valence-electron chi connectivity index (χ1n) is 12.3.